The molecule has 1 aromatic rings. The molecule has 0 aromatic heterocycles. The van der Waals surface area contributed by atoms with Crippen molar-refractivity contribution in [3.63, 3.8) is 0 Å². The van der Waals surface area contributed by atoms with E-state index >= 15 is 0 Å². The van der Waals surface area contributed by atoms with Crippen LogP contribution < -0.4 is 5.32 Å². The van der Waals surface area contributed by atoms with E-state index in [4.69, 9.17) is 4.74 Å². The van der Waals surface area contributed by atoms with Crippen LogP contribution in [0.15, 0.2) is 22.7 Å². The van der Waals surface area contributed by atoms with Gasteiger partial charge in [0.25, 0.3) is 0 Å². The predicted molar refractivity (Wildman–Crippen MR) is 85.8 cm³/mol. The molecule has 2 aliphatic rings. The molecule has 1 N–H and O–H groups in total. The zero-order valence-electron chi connectivity index (χ0n) is 12.5. The summed E-state index contributed by atoms with van der Waals surface area (Å²) in [4.78, 5) is 0. The molecule has 1 aliphatic carbocycles. The van der Waals surface area contributed by atoms with Gasteiger partial charge in [0.2, 0.25) is 0 Å². The lowest BCUT2D eigenvalue weighted by Gasteiger charge is -2.41. The van der Waals surface area contributed by atoms with E-state index in [0.29, 0.717) is 10.4 Å². The second-order valence-corrected chi connectivity index (χ2v) is 7.29. The third-order valence-electron chi connectivity index (χ3n) is 5.13. The van der Waals surface area contributed by atoms with Gasteiger partial charge in [-0.1, -0.05) is 18.9 Å². The van der Waals surface area contributed by atoms with E-state index in [1.165, 1.54) is 25.7 Å². The van der Waals surface area contributed by atoms with Crippen LogP contribution in [0.4, 0.5) is 4.39 Å². The highest BCUT2D eigenvalue weighted by atomic mass is 79.9. The average molecular weight is 356 g/mol. The molecule has 4 heteroatoms. The van der Waals surface area contributed by atoms with Gasteiger partial charge in [-0.3, -0.25) is 0 Å². The molecule has 3 rings (SSSR count). The topological polar surface area (TPSA) is 21.3 Å². The van der Waals surface area contributed by atoms with Gasteiger partial charge in [0.15, 0.2) is 0 Å². The van der Waals surface area contributed by atoms with Crippen molar-refractivity contribution < 1.29 is 9.13 Å². The van der Waals surface area contributed by atoms with E-state index in [-0.39, 0.29) is 17.5 Å². The number of rotatable bonds is 3. The molecule has 2 unspecified atom stereocenters. The van der Waals surface area contributed by atoms with Crippen LogP contribution in [0.5, 0.6) is 0 Å². The molecular formula is C17H23BrFNO. The molecule has 0 radical (unpaired) electrons. The van der Waals surface area contributed by atoms with Crippen LogP contribution >= 0.6 is 15.9 Å². The fourth-order valence-electron chi connectivity index (χ4n) is 4.10. The molecule has 1 saturated heterocycles. The predicted octanol–water partition coefficient (Wildman–Crippen LogP) is 4.59. The van der Waals surface area contributed by atoms with E-state index in [1.807, 2.05) is 19.2 Å². The van der Waals surface area contributed by atoms with Gasteiger partial charge in [-0.2, -0.15) is 0 Å². The van der Waals surface area contributed by atoms with Gasteiger partial charge < -0.3 is 10.1 Å². The lowest BCUT2D eigenvalue weighted by molar-refractivity contribution is -0.0979. The maximum Gasteiger partial charge on any atom is 0.137 e. The van der Waals surface area contributed by atoms with E-state index in [0.717, 1.165) is 25.0 Å². The number of halogens is 2. The Labute approximate surface area is 134 Å². The Balaban J connectivity index is 1.80. The minimum Gasteiger partial charge on any atom is -0.375 e. The molecule has 1 saturated carbocycles. The van der Waals surface area contributed by atoms with Crippen LogP contribution in [0.3, 0.4) is 0 Å². The summed E-state index contributed by atoms with van der Waals surface area (Å²) in [5.74, 6) is 0.354. The van der Waals surface area contributed by atoms with Crippen LogP contribution in [-0.2, 0) is 4.74 Å². The first kappa shape index (κ1) is 15.4. The molecule has 0 bridgehead atoms. The zero-order valence-corrected chi connectivity index (χ0v) is 14.1. The summed E-state index contributed by atoms with van der Waals surface area (Å²) in [7, 11) is 2.00. The van der Waals surface area contributed by atoms with Crippen molar-refractivity contribution in [2.75, 3.05) is 13.7 Å². The monoisotopic (exact) mass is 355 g/mol. The van der Waals surface area contributed by atoms with Gasteiger partial charge >= 0.3 is 0 Å². The average Bonchev–Trinajstić information content (AvgIpc) is 2.91. The first-order valence-electron chi connectivity index (χ1n) is 7.90. The highest BCUT2D eigenvalue weighted by Gasteiger charge is 2.42. The summed E-state index contributed by atoms with van der Waals surface area (Å²) in [5, 5.41) is 3.44. The van der Waals surface area contributed by atoms with Crippen molar-refractivity contribution in [1.82, 2.24) is 5.32 Å². The standard InChI is InChI=1S/C17H23BrFNO/c1-20-16(12-4-5-15(19)14(18)10-12)13-6-9-21-17(11-13)7-2-3-8-17/h4-5,10,13,16,20H,2-3,6-9,11H2,1H3. The van der Waals surface area contributed by atoms with Gasteiger partial charge in [0, 0.05) is 12.6 Å². The van der Waals surface area contributed by atoms with Crippen LogP contribution in [0.1, 0.15) is 50.1 Å². The van der Waals surface area contributed by atoms with Crippen molar-refractivity contribution in [3.8, 4) is 0 Å². The maximum absolute atomic E-state index is 13.5. The maximum atomic E-state index is 13.5. The zero-order chi connectivity index (χ0) is 14.9. The minimum absolute atomic E-state index is 0.120. The van der Waals surface area contributed by atoms with E-state index in [2.05, 4.69) is 21.2 Å². The number of hydrogen-bond acceptors (Lipinski definition) is 2. The quantitative estimate of drug-likeness (QED) is 0.856. The van der Waals surface area contributed by atoms with Crippen LogP contribution in [0.2, 0.25) is 0 Å². The van der Waals surface area contributed by atoms with E-state index in [9.17, 15) is 4.39 Å². The molecule has 2 fully saturated rings. The van der Waals surface area contributed by atoms with Crippen molar-refractivity contribution >= 4 is 15.9 Å². The lowest BCUT2D eigenvalue weighted by atomic mass is 9.78. The normalized spacial score (nSPS) is 26.1. The SMILES string of the molecule is CNC(c1ccc(F)c(Br)c1)C1CCOC2(CCCC2)C1. The third-order valence-corrected chi connectivity index (χ3v) is 5.74. The Hall–Kier alpha value is -0.450. The molecule has 21 heavy (non-hydrogen) atoms. The van der Waals surface area contributed by atoms with E-state index < -0.39 is 0 Å². The Morgan fingerprint density at radius 2 is 2.14 bits per heavy atom. The summed E-state index contributed by atoms with van der Waals surface area (Å²) in [6.45, 7) is 0.852. The molecule has 1 heterocycles. The Kier molecular flexibility index (Phi) is 4.67. The minimum atomic E-state index is -0.201. The van der Waals surface area contributed by atoms with Gasteiger partial charge in [-0.25, -0.2) is 4.39 Å². The second kappa shape index (κ2) is 6.35. The number of nitrogens with one attached hydrogen (secondary N) is 1. The number of hydrogen-bond donors (Lipinski definition) is 1. The van der Waals surface area contributed by atoms with Gasteiger partial charge in [-0.05, 0) is 72.3 Å². The third kappa shape index (κ3) is 3.17. The van der Waals surface area contributed by atoms with Crippen molar-refractivity contribution in [3.05, 3.63) is 34.1 Å². The largest absolute Gasteiger partial charge is 0.375 e. The molecule has 2 nitrogen and oxygen atoms in total. The van der Waals surface area contributed by atoms with Crippen LogP contribution in [0.25, 0.3) is 0 Å². The first-order valence-corrected chi connectivity index (χ1v) is 8.69. The lowest BCUT2D eigenvalue weighted by Crippen LogP contribution is -2.41. The molecule has 2 atom stereocenters. The van der Waals surface area contributed by atoms with Gasteiger partial charge in [0.05, 0.1) is 10.1 Å². The number of benzene rings is 1. The first-order chi connectivity index (χ1) is 10.1. The van der Waals surface area contributed by atoms with Gasteiger partial charge in [0.1, 0.15) is 5.82 Å². The summed E-state index contributed by atoms with van der Waals surface area (Å²) >= 11 is 3.30. The fraction of sp³-hybridized carbons (Fsp3) is 0.647. The summed E-state index contributed by atoms with van der Waals surface area (Å²) in [5.41, 5.74) is 1.28. The molecule has 1 spiro atoms. The summed E-state index contributed by atoms with van der Waals surface area (Å²) in [6.07, 6.45) is 7.17. The molecular weight excluding hydrogens is 333 g/mol. The highest BCUT2D eigenvalue weighted by Crippen LogP contribution is 2.45. The fourth-order valence-corrected chi connectivity index (χ4v) is 4.49. The molecule has 0 amide bonds. The Bertz CT molecular complexity index is 502. The summed E-state index contributed by atoms with van der Waals surface area (Å²) < 4.78 is 20.1. The summed E-state index contributed by atoms with van der Waals surface area (Å²) in [6, 6.07) is 5.63. The van der Waals surface area contributed by atoms with Crippen molar-refractivity contribution in [2.45, 2.75) is 50.2 Å². The van der Waals surface area contributed by atoms with Crippen molar-refractivity contribution in [1.29, 1.82) is 0 Å². The molecule has 1 aromatic carbocycles. The van der Waals surface area contributed by atoms with Gasteiger partial charge in [-0.15, -0.1) is 0 Å². The Morgan fingerprint density at radius 1 is 1.38 bits per heavy atom. The highest BCUT2D eigenvalue weighted by molar-refractivity contribution is 9.10. The molecule has 116 valence electrons. The molecule has 1 aliphatic heterocycles. The smallest absolute Gasteiger partial charge is 0.137 e. The Morgan fingerprint density at radius 3 is 2.81 bits per heavy atom. The van der Waals surface area contributed by atoms with E-state index in [1.54, 1.807) is 6.07 Å². The second-order valence-electron chi connectivity index (χ2n) is 6.43. The number of ether oxygens (including phenoxy) is 1. The van der Waals surface area contributed by atoms with Crippen molar-refractivity contribution in [2.24, 2.45) is 5.92 Å². The van der Waals surface area contributed by atoms with Crippen LogP contribution in [-0.4, -0.2) is 19.3 Å². The van der Waals surface area contributed by atoms with Crippen LogP contribution in [0, 0.1) is 11.7 Å².